The Hall–Kier alpha value is -1.08. The lowest BCUT2D eigenvalue weighted by atomic mass is 9.92. The quantitative estimate of drug-likeness (QED) is 0.672. The summed E-state index contributed by atoms with van der Waals surface area (Å²) in [7, 11) is 0. The molecule has 0 aromatic heterocycles. The van der Waals surface area contributed by atoms with Crippen LogP contribution in [0.4, 0.5) is 0 Å². The van der Waals surface area contributed by atoms with Crippen molar-refractivity contribution in [3.63, 3.8) is 0 Å². The van der Waals surface area contributed by atoms with Crippen molar-refractivity contribution in [1.29, 1.82) is 0 Å². The Morgan fingerprint density at radius 3 is 2.71 bits per heavy atom. The van der Waals surface area contributed by atoms with Gasteiger partial charge in [-0.05, 0) is 24.8 Å². The van der Waals surface area contributed by atoms with Crippen LogP contribution in [0.1, 0.15) is 30.7 Å². The molecule has 0 heterocycles. The van der Waals surface area contributed by atoms with Crippen molar-refractivity contribution in [2.75, 3.05) is 0 Å². The zero-order valence-corrected chi connectivity index (χ0v) is 8.26. The molecule has 0 amide bonds. The van der Waals surface area contributed by atoms with E-state index in [2.05, 4.69) is 24.3 Å². The van der Waals surface area contributed by atoms with Gasteiger partial charge in [0.1, 0.15) is 0 Å². The largest absolute Gasteiger partial charge is 0.392 e. The highest BCUT2D eigenvalue weighted by Gasteiger charge is 2.19. The maximum atomic E-state index is 9.95. The van der Waals surface area contributed by atoms with E-state index < -0.39 is 0 Å². The Labute approximate surface area is 85.1 Å². The van der Waals surface area contributed by atoms with Crippen LogP contribution >= 0.6 is 0 Å². The lowest BCUT2D eigenvalue weighted by molar-refractivity contribution is 0.149. The van der Waals surface area contributed by atoms with E-state index in [0.717, 1.165) is 19.3 Å². The SMILES string of the molecule is O[C@@H]1CCCC=C[C@@H]1c1ccccc1. The molecule has 1 aromatic carbocycles. The van der Waals surface area contributed by atoms with E-state index in [4.69, 9.17) is 0 Å². The molecule has 2 atom stereocenters. The van der Waals surface area contributed by atoms with Crippen LogP contribution in [0.15, 0.2) is 42.5 Å². The second-order valence-electron chi connectivity index (χ2n) is 3.86. The van der Waals surface area contributed by atoms with Crippen LogP contribution in [0.2, 0.25) is 0 Å². The van der Waals surface area contributed by atoms with Gasteiger partial charge in [0.25, 0.3) is 0 Å². The molecule has 1 heteroatoms. The number of rotatable bonds is 1. The van der Waals surface area contributed by atoms with E-state index in [9.17, 15) is 5.11 Å². The number of hydrogen-bond donors (Lipinski definition) is 1. The molecule has 74 valence electrons. The Morgan fingerprint density at radius 1 is 1.14 bits per heavy atom. The maximum Gasteiger partial charge on any atom is 0.0643 e. The minimum atomic E-state index is -0.212. The summed E-state index contributed by atoms with van der Waals surface area (Å²) < 4.78 is 0. The van der Waals surface area contributed by atoms with Crippen molar-refractivity contribution in [3.8, 4) is 0 Å². The first-order valence-electron chi connectivity index (χ1n) is 5.27. The van der Waals surface area contributed by atoms with E-state index in [-0.39, 0.29) is 12.0 Å². The van der Waals surface area contributed by atoms with E-state index in [1.165, 1.54) is 5.56 Å². The first-order chi connectivity index (χ1) is 6.88. The zero-order valence-electron chi connectivity index (χ0n) is 8.26. The van der Waals surface area contributed by atoms with Crippen LogP contribution in [-0.4, -0.2) is 11.2 Å². The molecule has 0 radical (unpaired) electrons. The molecule has 0 saturated carbocycles. The molecule has 1 aliphatic carbocycles. The highest BCUT2D eigenvalue weighted by Crippen LogP contribution is 2.27. The van der Waals surface area contributed by atoms with Crippen molar-refractivity contribution in [1.82, 2.24) is 0 Å². The van der Waals surface area contributed by atoms with Gasteiger partial charge in [0, 0.05) is 5.92 Å². The fourth-order valence-corrected chi connectivity index (χ4v) is 2.00. The fourth-order valence-electron chi connectivity index (χ4n) is 2.00. The number of hydrogen-bond acceptors (Lipinski definition) is 1. The third kappa shape index (κ3) is 2.05. The Bertz CT molecular complexity index is 302. The Balaban J connectivity index is 2.23. The minimum Gasteiger partial charge on any atom is -0.392 e. The third-order valence-corrected chi connectivity index (χ3v) is 2.81. The first-order valence-corrected chi connectivity index (χ1v) is 5.27. The van der Waals surface area contributed by atoms with E-state index in [0.29, 0.717) is 0 Å². The summed E-state index contributed by atoms with van der Waals surface area (Å²) in [4.78, 5) is 0. The predicted molar refractivity (Wildman–Crippen MR) is 58.2 cm³/mol. The van der Waals surface area contributed by atoms with Crippen LogP contribution in [0, 0.1) is 0 Å². The summed E-state index contributed by atoms with van der Waals surface area (Å²) in [6.07, 6.45) is 7.23. The second-order valence-corrected chi connectivity index (χ2v) is 3.86. The van der Waals surface area contributed by atoms with Crippen molar-refractivity contribution in [2.24, 2.45) is 0 Å². The molecule has 1 N–H and O–H groups in total. The topological polar surface area (TPSA) is 20.2 Å². The van der Waals surface area contributed by atoms with Crippen LogP contribution < -0.4 is 0 Å². The maximum absolute atomic E-state index is 9.95. The molecule has 2 rings (SSSR count). The van der Waals surface area contributed by atoms with Gasteiger partial charge in [0.15, 0.2) is 0 Å². The van der Waals surface area contributed by atoms with Gasteiger partial charge in [-0.15, -0.1) is 0 Å². The highest BCUT2D eigenvalue weighted by molar-refractivity contribution is 5.25. The smallest absolute Gasteiger partial charge is 0.0643 e. The molecule has 1 nitrogen and oxygen atoms in total. The van der Waals surface area contributed by atoms with Gasteiger partial charge >= 0.3 is 0 Å². The lowest BCUT2D eigenvalue weighted by Gasteiger charge is -2.18. The monoisotopic (exact) mass is 188 g/mol. The second kappa shape index (κ2) is 4.43. The number of benzene rings is 1. The van der Waals surface area contributed by atoms with Gasteiger partial charge in [-0.2, -0.15) is 0 Å². The third-order valence-electron chi connectivity index (χ3n) is 2.81. The van der Waals surface area contributed by atoms with E-state index in [1.807, 2.05) is 18.2 Å². The van der Waals surface area contributed by atoms with Gasteiger partial charge in [0.2, 0.25) is 0 Å². The molecule has 0 fully saturated rings. The molecular weight excluding hydrogens is 172 g/mol. The summed E-state index contributed by atoms with van der Waals surface area (Å²) in [5.74, 6) is 0.193. The molecule has 0 saturated heterocycles. The van der Waals surface area contributed by atoms with Gasteiger partial charge < -0.3 is 5.11 Å². The van der Waals surface area contributed by atoms with Gasteiger partial charge in [-0.1, -0.05) is 42.5 Å². The fraction of sp³-hybridized carbons (Fsp3) is 0.385. The Morgan fingerprint density at radius 2 is 1.93 bits per heavy atom. The van der Waals surface area contributed by atoms with Crippen molar-refractivity contribution in [2.45, 2.75) is 31.3 Å². The summed E-state index contributed by atoms with van der Waals surface area (Å²) in [5.41, 5.74) is 1.22. The summed E-state index contributed by atoms with van der Waals surface area (Å²) in [6.45, 7) is 0. The van der Waals surface area contributed by atoms with E-state index in [1.54, 1.807) is 0 Å². The molecule has 0 unspecified atom stereocenters. The van der Waals surface area contributed by atoms with Gasteiger partial charge in [-0.25, -0.2) is 0 Å². The molecular formula is C13H16O. The average molecular weight is 188 g/mol. The first kappa shape index (κ1) is 9.47. The summed E-state index contributed by atoms with van der Waals surface area (Å²) in [6, 6.07) is 10.2. The molecule has 1 aromatic rings. The van der Waals surface area contributed by atoms with Crippen LogP contribution in [0.25, 0.3) is 0 Å². The van der Waals surface area contributed by atoms with Crippen LogP contribution in [-0.2, 0) is 0 Å². The number of allylic oxidation sites excluding steroid dienone is 1. The molecule has 0 spiro atoms. The van der Waals surface area contributed by atoms with Gasteiger partial charge in [-0.3, -0.25) is 0 Å². The van der Waals surface area contributed by atoms with Gasteiger partial charge in [0.05, 0.1) is 6.10 Å². The average Bonchev–Trinajstić information content (AvgIpc) is 2.44. The van der Waals surface area contributed by atoms with Crippen molar-refractivity contribution in [3.05, 3.63) is 48.0 Å². The van der Waals surface area contributed by atoms with Crippen LogP contribution in [0.5, 0.6) is 0 Å². The summed E-state index contributed by atoms with van der Waals surface area (Å²) in [5, 5.41) is 9.95. The summed E-state index contributed by atoms with van der Waals surface area (Å²) >= 11 is 0. The molecule has 1 aliphatic rings. The highest BCUT2D eigenvalue weighted by atomic mass is 16.3. The van der Waals surface area contributed by atoms with E-state index >= 15 is 0 Å². The Kier molecular flexibility index (Phi) is 3.00. The van der Waals surface area contributed by atoms with Crippen molar-refractivity contribution < 1.29 is 5.11 Å². The standard InChI is InChI=1S/C13H16O/c14-13-10-6-2-5-9-12(13)11-7-3-1-4-8-11/h1,3-5,7-9,12-14H,2,6,10H2/t12-,13-/m1/s1. The number of aliphatic hydroxyl groups excluding tert-OH is 1. The lowest BCUT2D eigenvalue weighted by Crippen LogP contribution is -2.15. The number of aliphatic hydroxyl groups is 1. The normalized spacial score (nSPS) is 27.2. The van der Waals surface area contributed by atoms with Crippen molar-refractivity contribution >= 4 is 0 Å². The molecule has 14 heavy (non-hydrogen) atoms. The molecule has 0 aliphatic heterocycles. The van der Waals surface area contributed by atoms with Crippen LogP contribution in [0.3, 0.4) is 0 Å². The minimum absolute atomic E-state index is 0.193. The molecule has 0 bridgehead atoms. The zero-order chi connectivity index (χ0) is 9.80. The predicted octanol–water partition coefficient (Wildman–Crippen LogP) is 2.87.